The normalized spacial score (nSPS) is 11.9. The number of rotatable bonds is 13. The first-order valence-corrected chi connectivity index (χ1v) is 17.0. The van der Waals surface area contributed by atoms with Crippen molar-refractivity contribution in [3.63, 3.8) is 0 Å². The van der Waals surface area contributed by atoms with Crippen molar-refractivity contribution in [1.29, 1.82) is 0 Å². The third-order valence-electron chi connectivity index (χ3n) is 7.26. The molecule has 0 aliphatic carbocycles. The van der Waals surface area contributed by atoms with Crippen molar-refractivity contribution in [3.8, 4) is 0 Å². The smallest absolute Gasteiger partial charge is 0.264 e. The molecule has 0 radical (unpaired) electrons. The molecule has 4 rings (SSSR count). The predicted octanol–water partition coefficient (Wildman–Crippen LogP) is 7.32. The van der Waals surface area contributed by atoms with Crippen LogP contribution in [-0.4, -0.2) is 44.3 Å². The van der Waals surface area contributed by atoms with Crippen LogP contribution >= 0.6 is 34.8 Å². The Hall–Kier alpha value is -3.56. The molecule has 4 aromatic carbocycles. The van der Waals surface area contributed by atoms with E-state index in [1.165, 1.54) is 23.1 Å². The van der Waals surface area contributed by atoms with E-state index in [4.69, 9.17) is 34.8 Å². The molecule has 1 unspecified atom stereocenters. The number of benzene rings is 4. The van der Waals surface area contributed by atoms with E-state index in [1.54, 1.807) is 55.5 Å². The molecule has 11 heteroatoms. The topological polar surface area (TPSA) is 86.8 Å². The lowest BCUT2D eigenvalue weighted by atomic mass is 10.0. The van der Waals surface area contributed by atoms with Gasteiger partial charge in [0.25, 0.3) is 10.0 Å². The second kappa shape index (κ2) is 15.6. The highest BCUT2D eigenvalue weighted by atomic mass is 35.5. The van der Waals surface area contributed by atoms with Crippen LogP contribution in [0.25, 0.3) is 0 Å². The SMILES string of the molecule is CCCNC(=O)C(Cc1ccccc1)N(Cc1c(Cl)cccc1Cl)C(=O)CN(c1ccc(C)c(Cl)c1)S(=O)(=O)c1ccccc1. The summed E-state index contributed by atoms with van der Waals surface area (Å²) in [5.41, 5.74) is 2.20. The lowest BCUT2D eigenvalue weighted by molar-refractivity contribution is -0.140. The van der Waals surface area contributed by atoms with Gasteiger partial charge in [-0.25, -0.2) is 8.42 Å². The van der Waals surface area contributed by atoms with Crippen molar-refractivity contribution in [3.05, 3.63) is 129 Å². The van der Waals surface area contributed by atoms with Gasteiger partial charge in [-0.2, -0.15) is 0 Å². The zero-order valence-corrected chi connectivity index (χ0v) is 28.0. The number of nitrogens with zero attached hydrogens (tertiary/aromatic N) is 2. The van der Waals surface area contributed by atoms with Crippen molar-refractivity contribution in [2.45, 2.75) is 44.2 Å². The summed E-state index contributed by atoms with van der Waals surface area (Å²) in [7, 11) is -4.25. The largest absolute Gasteiger partial charge is 0.354 e. The molecule has 0 aliphatic rings. The van der Waals surface area contributed by atoms with Crippen molar-refractivity contribution < 1.29 is 18.0 Å². The van der Waals surface area contributed by atoms with Gasteiger partial charge in [0.1, 0.15) is 12.6 Å². The van der Waals surface area contributed by atoms with Gasteiger partial charge in [0.2, 0.25) is 11.8 Å². The number of hydrogen-bond acceptors (Lipinski definition) is 4. The summed E-state index contributed by atoms with van der Waals surface area (Å²) in [6, 6.07) is 25.9. The summed E-state index contributed by atoms with van der Waals surface area (Å²) in [5, 5.41) is 3.87. The van der Waals surface area contributed by atoms with Crippen LogP contribution in [0.4, 0.5) is 5.69 Å². The number of anilines is 1. The molecule has 4 aromatic rings. The van der Waals surface area contributed by atoms with E-state index in [0.29, 0.717) is 33.6 Å². The van der Waals surface area contributed by atoms with Crippen LogP contribution in [0.2, 0.25) is 15.1 Å². The maximum Gasteiger partial charge on any atom is 0.264 e. The van der Waals surface area contributed by atoms with Gasteiger partial charge in [-0.15, -0.1) is 0 Å². The monoisotopic (exact) mass is 685 g/mol. The molecular weight excluding hydrogens is 653 g/mol. The van der Waals surface area contributed by atoms with Crippen LogP contribution in [0, 0.1) is 6.92 Å². The first-order valence-electron chi connectivity index (χ1n) is 14.4. The average molecular weight is 687 g/mol. The first-order chi connectivity index (χ1) is 21.5. The maximum atomic E-state index is 14.5. The number of aryl methyl sites for hydroxylation is 1. The molecule has 0 aliphatic heterocycles. The fourth-order valence-corrected chi connectivity index (χ4v) is 6.88. The molecule has 236 valence electrons. The highest BCUT2D eigenvalue weighted by Crippen LogP contribution is 2.30. The summed E-state index contributed by atoms with van der Waals surface area (Å²) in [5.74, 6) is -1.01. The highest BCUT2D eigenvalue weighted by Gasteiger charge is 2.35. The lowest BCUT2D eigenvalue weighted by Crippen LogP contribution is -2.53. The van der Waals surface area contributed by atoms with Crippen molar-refractivity contribution >= 4 is 62.3 Å². The molecule has 1 N–H and O–H groups in total. The standard InChI is InChI=1S/C34H34Cl3N3O4S/c1-3-19-38-34(42)32(20-25-11-6-4-7-12-25)39(22-28-29(35)15-10-16-30(28)36)33(41)23-40(26-18-17-24(2)31(37)21-26)45(43,44)27-13-8-5-9-14-27/h4-18,21,32H,3,19-20,22-23H2,1-2H3,(H,38,42). The number of amides is 2. The molecule has 7 nitrogen and oxygen atoms in total. The zero-order valence-electron chi connectivity index (χ0n) is 24.9. The molecular formula is C34H34Cl3N3O4S. The van der Waals surface area contributed by atoms with Crippen LogP contribution in [-0.2, 0) is 32.6 Å². The molecule has 0 saturated carbocycles. The highest BCUT2D eigenvalue weighted by molar-refractivity contribution is 7.92. The molecule has 0 saturated heterocycles. The number of halogens is 3. The first kappa shape index (κ1) is 34.3. The second-order valence-electron chi connectivity index (χ2n) is 10.5. The van der Waals surface area contributed by atoms with Gasteiger partial charge in [-0.05, 0) is 60.9 Å². The van der Waals surface area contributed by atoms with Crippen molar-refractivity contribution in [1.82, 2.24) is 10.2 Å². The Morgan fingerprint density at radius 2 is 1.44 bits per heavy atom. The molecule has 0 heterocycles. The van der Waals surface area contributed by atoms with Gasteiger partial charge in [0.05, 0.1) is 10.6 Å². The maximum absolute atomic E-state index is 14.5. The van der Waals surface area contributed by atoms with Crippen molar-refractivity contribution in [2.75, 3.05) is 17.4 Å². The van der Waals surface area contributed by atoms with E-state index in [0.717, 1.165) is 15.4 Å². The molecule has 0 fully saturated rings. The Balaban J connectivity index is 1.84. The summed E-state index contributed by atoms with van der Waals surface area (Å²) >= 11 is 19.5. The van der Waals surface area contributed by atoms with E-state index in [2.05, 4.69) is 5.32 Å². The summed E-state index contributed by atoms with van der Waals surface area (Å²) in [4.78, 5) is 29.6. The Labute approximate surface area is 279 Å². The van der Waals surface area contributed by atoms with Crippen LogP contribution in [0.15, 0.2) is 102 Å². The van der Waals surface area contributed by atoms with Crippen LogP contribution in [0.5, 0.6) is 0 Å². The Morgan fingerprint density at radius 3 is 2.04 bits per heavy atom. The number of carbonyl (C=O) groups is 2. The number of nitrogens with one attached hydrogen (secondary N) is 1. The minimum Gasteiger partial charge on any atom is -0.354 e. The Kier molecular flexibility index (Phi) is 11.9. The lowest BCUT2D eigenvalue weighted by Gasteiger charge is -2.34. The zero-order chi connectivity index (χ0) is 32.6. The molecule has 0 bridgehead atoms. The van der Waals surface area contributed by atoms with E-state index in [1.807, 2.05) is 37.3 Å². The van der Waals surface area contributed by atoms with Gasteiger partial charge >= 0.3 is 0 Å². The minimum absolute atomic E-state index is 0.00304. The number of hydrogen-bond donors (Lipinski definition) is 1. The van der Waals surface area contributed by atoms with Crippen molar-refractivity contribution in [2.24, 2.45) is 0 Å². The molecule has 1 atom stereocenters. The second-order valence-corrected chi connectivity index (χ2v) is 13.6. The third-order valence-corrected chi connectivity index (χ3v) is 10.2. The van der Waals surface area contributed by atoms with Gasteiger partial charge in [0.15, 0.2) is 0 Å². The van der Waals surface area contributed by atoms with Gasteiger partial charge in [0, 0.05) is 40.1 Å². The van der Waals surface area contributed by atoms with Gasteiger partial charge < -0.3 is 10.2 Å². The fraction of sp³-hybridized carbons (Fsp3) is 0.235. The van der Waals surface area contributed by atoms with Crippen LogP contribution < -0.4 is 9.62 Å². The third kappa shape index (κ3) is 8.58. The summed E-state index contributed by atoms with van der Waals surface area (Å²) in [6.45, 7) is 3.37. The van der Waals surface area contributed by atoms with E-state index in [9.17, 15) is 18.0 Å². The van der Waals surface area contributed by atoms with Gasteiger partial charge in [-0.1, -0.05) is 102 Å². The Bertz CT molecular complexity index is 1720. The van der Waals surface area contributed by atoms with Gasteiger partial charge in [-0.3, -0.25) is 13.9 Å². The summed E-state index contributed by atoms with van der Waals surface area (Å²) < 4.78 is 29.2. The quantitative estimate of drug-likeness (QED) is 0.160. The predicted molar refractivity (Wildman–Crippen MR) is 181 cm³/mol. The molecule has 2 amide bonds. The molecule has 0 aromatic heterocycles. The molecule has 0 spiro atoms. The van der Waals surface area contributed by atoms with E-state index < -0.39 is 28.5 Å². The number of sulfonamides is 1. The minimum atomic E-state index is -4.25. The van der Waals surface area contributed by atoms with E-state index >= 15 is 0 Å². The summed E-state index contributed by atoms with van der Waals surface area (Å²) in [6.07, 6.45) is 0.858. The van der Waals surface area contributed by atoms with E-state index in [-0.39, 0.29) is 29.5 Å². The van der Waals surface area contributed by atoms with Crippen LogP contribution in [0.1, 0.15) is 30.0 Å². The van der Waals surface area contributed by atoms with Crippen LogP contribution in [0.3, 0.4) is 0 Å². The molecule has 45 heavy (non-hydrogen) atoms. The number of carbonyl (C=O) groups excluding carboxylic acids is 2. The fourth-order valence-electron chi connectivity index (χ4n) is 4.76. The average Bonchev–Trinajstić information content (AvgIpc) is 3.03. The Morgan fingerprint density at radius 1 is 0.822 bits per heavy atom.